The van der Waals surface area contributed by atoms with Gasteiger partial charge >= 0.3 is 0 Å². The van der Waals surface area contributed by atoms with Gasteiger partial charge in [-0.05, 0) is 49.4 Å². The molecule has 0 radical (unpaired) electrons. The minimum atomic E-state index is 0.179. The van der Waals surface area contributed by atoms with Crippen LogP contribution in [0.2, 0.25) is 0 Å². The molecule has 0 saturated carbocycles. The molecule has 3 atom stereocenters. The third-order valence-electron chi connectivity index (χ3n) is 4.95. The van der Waals surface area contributed by atoms with Crippen molar-refractivity contribution < 1.29 is 4.79 Å². The maximum atomic E-state index is 12.3. The fourth-order valence-corrected chi connectivity index (χ4v) is 3.74. The molecule has 3 unspecified atom stereocenters. The number of fused-ring (bicyclic) bond motifs is 1. The van der Waals surface area contributed by atoms with E-state index in [4.69, 9.17) is 5.73 Å². The Morgan fingerprint density at radius 2 is 2.10 bits per heavy atom. The minimum Gasteiger partial charge on any atom is -0.399 e. The first-order valence-electron chi connectivity index (χ1n) is 8.02. The lowest BCUT2D eigenvalue weighted by Crippen LogP contribution is -2.42. The van der Waals surface area contributed by atoms with Gasteiger partial charge in [-0.2, -0.15) is 0 Å². The second-order valence-electron chi connectivity index (χ2n) is 6.48. The predicted octanol–water partition coefficient (Wildman–Crippen LogP) is 2.12. The predicted molar refractivity (Wildman–Crippen MR) is 85.0 cm³/mol. The zero-order valence-corrected chi connectivity index (χ0v) is 12.7. The van der Waals surface area contributed by atoms with Gasteiger partial charge in [0.2, 0.25) is 5.91 Å². The molecule has 1 aromatic rings. The molecule has 3 rings (SSSR count). The summed E-state index contributed by atoms with van der Waals surface area (Å²) in [6.45, 7) is 4.45. The number of anilines is 1. The summed E-state index contributed by atoms with van der Waals surface area (Å²) in [5.41, 5.74) is 7.64. The van der Waals surface area contributed by atoms with Crippen molar-refractivity contribution in [2.75, 3.05) is 18.8 Å². The standard InChI is InChI=1S/C17H25N3O/c1-12(13-4-6-14(18)7-5-13)11-17(21)19-15-8-10-20-9-2-3-16(15)20/h4-7,12,15-16H,2-3,8-11,18H2,1H3,(H,19,21). The number of benzene rings is 1. The first-order chi connectivity index (χ1) is 10.1. The van der Waals surface area contributed by atoms with E-state index in [0.29, 0.717) is 18.5 Å². The molecule has 0 bridgehead atoms. The number of rotatable bonds is 4. The van der Waals surface area contributed by atoms with Gasteiger partial charge < -0.3 is 11.1 Å². The van der Waals surface area contributed by atoms with Crippen LogP contribution in [-0.2, 0) is 4.79 Å². The van der Waals surface area contributed by atoms with Crippen molar-refractivity contribution in [1.29, 1.82) is 0 Å². The Kier molecular flexibility index (Phi) is 4.15. The van der Waals surface area contributed by atoms with Crippen LogP contribution in [0.25, 0.3) is 0 Å². The third kappa shape index (κ3) is 3.21. The second-order valence-corrected chi connectivity index (χ2v) is 6.48. The second kappa shape index (κ2) is 6.06. The molecule has 114 valence electrons. The molecular weight excluding hydrogens is 262 g/mol. The van der Waals surface area contributed by atoms with Crippen LogP contribution in [0.1, 0.15) is 44.1 Å². The average Bonchev–Trinajstić information content (AvgIpc) is 3.04. The lowest BCUT2D eigenvalue weighted by atomic mass is 9.96. The number of nitrogens with two attached hydrogens (primary N) is 1. The van der Waals surface area contributed by atoms with Crippen molar-refractivity contribution in [3.63, 3.8) is 0 Å². The highest BCUT2D eigenvalue weighted by molar-refractivity contribution is 5.77. The van der Waals surface area contributed by atoms with Crippen molar-refractivity contribution in [1.82, 2.24) is 10.2 Å². The number of nitrogen functional groups attached to an aromatic ring is 1. The van der Waals surface area contributed by atoms with E-state index in [-0.39, 0.29) is 11.8 Å². The summed E-state index contributed by atoms with van der Waals surface area (Å²) in [6.07, 6.45) is 4.16. The summed E-state index contributed by atoms with van der Waals surface area (Å²) in [7, 11) is 0. The van der Waals surface area contributed by atoms with Crippen molar-refractivity contribution in [2.24, 2.45) is 0 Å². The van der Waals surface area contributed by atoms with E-state index in [1.165, 1.54) is 24.9 Å². The van der Waals surface area contributed by atoms with Crippen LogP contribution in [0.4, 0.5) is 5.69 Å². The van der Waals surface area contributed by atoms with Crippen LogP contribution in [-0.4, -0.2) is 36.0 Å². The lowest BCUT2D eigenvalue weighted by Gasteiger charge is -2.22. The molecule has 3 N–H and O–H groups in total. The maximum Gasteiger partial charge on any atom is 0.220 e. The molecule has 0 aliphatic carbocycles. The smallest absolute Gasteiger partial charge is 0.220 e. The molecule has 4 heteroatoms. The van der Waals surface area contributed by atoms with Crippen molar-refractivity contribution in [3.05, 3.63) is 29.8 Å². The minimum absolute atomic E-state index is 0.179. The number of nitrogens with one attached hydrogen (secondary N) is 1. The number of amides is 1. The molecule has 4 nitrogen and oxygen atoms in total. The maximum absolute atomic E-state index is 12.3. The fraction of sp³-hybridized carbons (Fsp3) is 0.588. The number of carbonyl (C=O) groups excluding carboxylic acids is 1. The van der Waals surface area contributed by atoms with Crippen LogP contribution >= 0.6 is 0 Å². The Hall–Kier alpha value is -1.55. The van der Waals surface area contributed by atoms with Gasteiger partial charge in [0.05, 0.1) is 0 Å². The van der Waals surface area contributed by atoms with Gasteiger partial charge in [0.25, 0.3) is 0 Å². The van der Waals surface area contributed by atoms with Gasteiger partial charge in [-0.3, -0.25) is 9.69 Å². The molecule has 2 saturated heterocycles. The van der Waals surface area contributed by atoms with Gasteiger partial charge in [0, 0.05) is 30.7 Å². The summed E-state index contributed by atoms with van der Waals surface area (Å²) in [5.74, 6) is 0.407. The lowest BCUT2D eigenvalue weighted by molar-refractivity contribution is -0.122. The highest BCUT2D eigenvalue weighted by atomic mass is 16.1. The van der Waals surface area contributed by atoms with E-state index in [1.807, 2.05) is 24.3 Å². The highest BCUT2D eigenvalue weighted by Gasteiger charge is 2.37. The fourth-order valence-electron chi connectivity index (χ4n) is 3.74. The van der Waals surface area contributed by atoms with Crippen molar-refractivity contribution in [2.45, 2.75) is 50.6 Å². The first kappa shape index (κ1) is 14.4. The van der Waals surface area contributed by atoms with Crippen LogP contribution in [0.15, 0.2) is 24.3 Å². The van der Waals surface area contributed by atoms with E-state index in [9.17, 15) is 4.79 Å². The molecule has 0 spiro atoms. The molecule has 2 aliphatic rings. The van der Waals surface area contributed by atoms with Gasteiger partial charge in [-0.15, -0.1) is 0 Å². The van der Waals surface area contributed by atoms with E-state index in [2.05, 4.69) is 17.1 Å². The summed E-state index contributed by atoms with van der Waals surface area (Å²) in [4.78, 5) is 14.8. The average molecular weight is 287 g/mol. The van der Waals surface area contributed by atoms with Gasteiger partial charge in [-0.1, -0.05) is 19.1 Å². The molecule has 2 fully saturated rings. The summed E-state index contributed by atoms with van der Waals surface area (Å²) in [5, 5.41) is 3.26. The quantitative estimate of drug-likeness (QED) is 0.834. The number of hydrogen-bond acceptors (Lipinski definition) is 3. The van der Waals surface area contributed by atoms with Crippen molar-refractivity contribution in [3.8, 4) is 0 Å². The zero-order valence-electron chi connectivity index (χ0n) is 12.7. The SMILES string of the molecule is CC(CC(=O)NC1CCN2CCCC12)c1ccc(N)cc1. The van der Waals surface area contributed by atoms with E-state index >= 15 is 0 Å². The van der Waals surface area contributed by atoms with Gasteiger partial charge in [0.1, 0.15) is 0 Å². The van der Waals surface area contributed by atoms with Gasteiger partial charge in [0.15, 0.2) is 0 Å². The molecule has 2 aliphatic heterocycles. The number of carbonyl (C=O) groups is 1. The molecule has 2 heterocycles. The Bertz CT molecular complexity index is 499. The van der Waals surface area contributed by atoms with Crippen LogP contribution < -0.4 is 11.1 Å². The molecular formula is C17H25N3O. The Labute approximate surface area is 126 Å². The van der Waals surface area contributed by atoms with Gasteiger partial charge in [-0.25, -0.2) is 0 Å². The summed E-state index contributed by atoms with van der Waals surface area (Å²) >= 11 is 0. The van der Waals surface area contributed by atoms with E-state index in [1.54, 1.807) is 0 Å². The molecule has 1 amide bonds. The summed E-state index contributed by atoms with van der Waals surface area (Å²) in [6, 6.07) is 8.77. The Morgan fingerprint density at radius 3 is 2.86 bits per heavy atom. The Morgan fingerprint density at radius 1 is 1.33 bits per heavy atom. The molecule has 1 aromatic carbocycles. The summed E-state index contributed by atoms with van der Waals surface area (Å²) < 4.78 is 0. The zero-order chi connectivity index (χ0) is 14.8. The van der Waals surface area contributed by atoms with Crippen LogP contribution in [0, 0.1) is 0 Å². The van der Waals surface area contributed by atoms with Crippen molar-refractivity contribution >= 4 is 11.6 Å². The monoisotopic (exact) mass is 287 g/mol. The highest BCUT2D eigenvalue weighted by Crippen LogP contribution is 2.28. The number of nitrogens with zero attached hydrogens (tertiary/aromatic N) is 1. The molecule has 0 aromatic heterocycles. The Balaban J connectivity index is 1.53. The van der Waals surface area contributed by atoms with E-state index in [0.717, 1.165) is 18.7 Å². The molecule has 21 heavy (non-hydrogen) atoms. The van der Waals surface area contributed by atoms with E-state index < -0.39 is 0 Å². The van der Waals surface area contributed by atoms with Crippen LogP contribution in [0.3, 0.4) is 0 Å². The van der Waals surface area contributed by atoms with Crippen LogP contribution in [0.5, 0.6) is 0 Å². The topological polar surface area (TPSA) is 58.4 Å². The largest absolute Gasteiger partial charge is 0.399 e. The number of hydrogen-bond donors (Lipinski definition) is 2. The third-order valence-corrected chi connectivity index (χ3v) is 4.95. The normalized spacial score (nSPS) is 26.5. The first-order valence-corrected chi connectivity index (χ1v) is 8.02.